The number of urea groups is 1. The van der Waals surface area contributed by atoms with Gasteiger partial charge in [-0.05, 0) is 36.0 Å². The summed E-state index contributed by atoms with van der Waals surface area (Å²) >= 11 is 0. The van der Waals surface area contributed by atoms with E-state index in [1.165, 1.54) is 11.2 Å². The van der Waals surface area contributed by atoms with E-state index in [4.69, 9.17) is 4.42 Å². The second-order valence-electron chi connectivity index (χ2n) is 9.91. The average Bonchev–Trinajstić information content (AvgIpc) is 3.55. The van der Waals surface area contributed by atoms with E-state index < -0.39 is 5.54 Å². The molecule has 7 heteroatoms. The zero-order chi connectivity index (χ0) is 23.3. The first-order valence-corrected chi connectivity index (χ1v) is 11.9. The number of hydrogen-bond donors (Lipinski definition) is 0. The third kappa shape index (κ3) is 3.12. The van der Waals surface area contributed by atoms with Crippen LogP contribution in [-0.2, 0) is 4.79 Å². The minimum absolute atomic E-state index is 0.0851. The van der Waals surface area contributed by atoms with E-state index in [1.54, 1.807) is 17.0 Å². The molecule has 33 heavy (non-hydrogen) atoms. The van der Waals surface area contributed by atoms with Gasteiger partial charge in [0.05, 0.1) is 18.8 Å². The predicted octanol–water partition coefficient (Wildman–Crippen LogP) is 4.18. The van der Waals surface area contributed by atoms with Crippen molar-refractivity contribution < 1.29 is 18.8 Å². The van der Waals surface area contributed by atoms with Gasteiger partial charge in [-0.15, -0.1) is 0 Å². The molecular weight excluding hydrogens is 418 g/mol. The Kier molecular flexibility index (Phi) is 5.30. The van der Waals surface area contributed by atoms with Gasteiger partial charge in [0.15, 0.2) is 5.76 Å². The highest BCUT2D eigenvalue weighted by Crippen LogP contribution is 2.58. The van der Waals surface area contributed by atoms with E-state index in [2.05, 4.69) is 20.8 Å². The van der Waals surface area contributed by atoms with E-state index in [-0.39, 0.29) is 48.0 Å². The second-order valence-corrected chi connectivity index (χ2v) is 9.91. The number of furan rings is 1. The summed E-state index contributed by atoms with van der Waals surface area (Å²) < 4.78 is 5.35. The van der Waals surface area contributed by atoms with Crippen LogP contribution in [-0.4, -0.2) is 57.7 Å². The van der Waals surface area contributed by atoms with Gasteiger partial charge < -0.3 is 9.32 Å². The van der Waals surface area contributed by atoms with Crippen LogP contribution in [0.1, 0.15) is 55.8 Å². The summed E-state index contributed by atoms with van der Waals surface area (Å²) in [6, 6.07) is 12.9. The van der Waals surface area contributed by atoms with Crippen molar-refractivity contribution in [3.05, 3.63) is 60.1 Å². The molecule has 3 aliphatic rings. The summed E-state index contributed by atoms with van der Waals surface area (Å²) in [4.78, 5) is 46.0. The van der Waals surface area contributed by atoms with E-state index in [1.807, 2.05) is 35.2 Å². The summed E-state index contributed by atoms with van der Waals surface area (Å²) in [6.45, 7) is 7.34. The van der Waals surface area contributed by atoms with Crippen LogP contribution in [0.2, 0.25) is 0 Å². The zero-order valence-corrected chi connectivity index (χ0v) is 19.4. The Morgan fingerprint density at radius 1 is 1.15 bits per heavy atom. The highest BCUT2D eigenvalue weighted by atomic mass is 16.3. The van der Waals surface area contributed by atoms with Crippen LogP contribution in [0.25, 0.3) is 0 Å². The molecule has 0 unspecified atom stereocenters. The van der Waals surface area contributed by atoms with Crippen molar-refractivity contribution >= 4 is 17.8 Å². The predicted molar refractivity (Wildman–Crippen MR) is 122 cm³/mol. The van der Waals surface area contributed by atoms with Gasteiger partial charge in [-0.2, -0.15) is 0 Å². The number of amides is 4. The minimum Gasteiger partial charge on any atom is -0.459 e. The lowest BCUT2D eigenvalue weighted by atomic mass is 9.78. The molecule has 1 aromatic carbocycles. The fourth-order valence-corrected chi connectivity index (χ4v) is 6.18. The number of carbonyl (C=O) groups is 3. The van der Waals surface area contributed by atoms with Gasteiger partial charge in [0, 0.05) is 19.0 Å². The van der Waals surface area contributed by atoms with Crippen LogP contribution in [0, 0.1) is 17.8 Å². The molecule has 7 nitrogen and oxygen atoms in total. The van der Waals surface area contributed by atoms with E-state index in [0.717, 1.165) is 18.4 Å². The maximum Gasteiger partial charge on any atom is 0.328 e. The molecule has 174 valence electrons. The lowest BCUT2D eigenvalue weighted by Crippen LogP contribution is -2.52. The molecule has 0 radical (unpaired) electrons. The molecule has 0 N–H and O–H groups in total. The summed E-state index contributed by atoms with van der Waals surface area (Å²) in [6.07, 6.45) is 3.05. The molecule has 3 fully saturated rings. The van der Waals surface area contributed by atoms with Crippen LogP contribution in [0.15, 0.2) is 53.1 Å². The lowest BCUT2D eigenvalue weighted by Gasteiger charge is -2.32. The molecule has 2 aromatic rings. The van der Waals surface area contributed by atoms with Gasteiger partial charge in [0.1, 0.15) is 5.54 Å². The van der Waals surface area contributed by atoms with Gasteiger partial charge in [-0.1, -0.05) is 57.5 Å². The third-order valence-corrected chi connectivity index (χ3v) is 7.71. The number of hydrogen-bond acceptors (Lipinski definition) is 4. The molecular formula is C26H31N3O4. The number of rotatable bonds is 6. The standard InChI is InChI=1S/C26H31N3O4/c1-4-19-20-15-27(23(30)21-11-8-14-33-21)16-26(20)24(31)28(13-12-17(2)3)25(32)29(26)22(19)18-9-6-5-7-10-18/h5-11,14,17,19-20,22H,4,12-13,15-16H2,1-3H3/t19-,20+,22+,26+/m0/s1. The van der Waals surface area contributed by atoms with Crippen molar-refractivity contribution in [3.63, 3.8) is 0 Å². The zero-order valence-electron chi connectivity index (χ0n) is 19.4. The largest absolute Gasteiger partial charge is 0.459 e. The molecule has 5 rings (SSSR count). The van der Waals surface area contributed by atoms with Gasteiger partial charge in [0.25, 0.3) is 11.8 Å². The monoisotopic (exact) mass is 449 g/mol. The normalized spacial score (nSPS) is 28.7. The average molecular weight is 450 g/mol. The molecule has 3 aliphatic heterocycles. The molecule has 4 atom stereocenters. The third-order valence-electron chi connectivity index (χ3n) is 7.71. The molecule has 1 spiro atoms. The second kappa shape index (κ2) is 8.04. The smallest absolute Gasteiger partial charge is 0.328 e. The van der Waals surface area contributed by atoms with Crippen molar-refractivity contribution in [1.29, 1.82) is 0 Å². The van der Waals surface area contributed by atoms with E-state index in [9.17, 15) is 14.4 Å². The molecule has 0 bridgehead atoms. The van der Waals surface area contributed by atoms with E-state index in [0.29, 0.717) is 19.0 Å². The first kappa shape index (κ1) is 21.7. The van der Waals surface area contributed by atoms with E-state index >= 15 is 0 Å². The van der Waals surface area contributed by atoms with Crippen molar-refractivity contribution in [1.82, 2.24) is 14.7 Å². The summed E-state index contributed by atoms with van der Waals surface area (Å²) in [5, 5.41) is 0. The number of imide groups is 1. The Labute approximate surface area is 194 Å². The van der Waals surface area contributed by atoms with Gasteiger partial charge in [0.2, 0.25) is 0 Å². The Hall–Kier alpha value is -3.09. The number of carbonyl (C=O) groups excluding carboxylic acids is 3. The SMILES string of the molecule is CC[C@@H]1[C@@H](c2ccccc2)N2C(=O)N(CCC(C)C)C(=O)[C@]23CN(C(=O)c2ccco2)C[C@H]13. The first-order valence-electron chi connectivity index (χ1n) is 11.9. The summed E-state index contributed by atoms with van der Waals surface area (Å²) in [5.41, 5.74) is 0.0335. The van der Waals surface area contributed by atoms with Crippen LogP contribution in [0.4, 0.5) is 4.79 Å². The number of likely N-dealkylation sites (tertiary alicyclic amines) is 1. The highest BCUT2D eigenvalue weighted by Gasteiger charge is 2.73. The quantitative estimate of drug-likeness (QED) is 0.620. The Morgan fingerprint density at radius 2 is 1.91 bits per heavy atom. The Bertz CT molecular complexity index is 1050. The van der Waals surface area contributed by atoms with Crippen molar-refractivity contribution in [3.8, 4) is 0 Å². The molecule has 1 aromatic heterocycles. The van der Waals surface area contributed by atoms with Gasteiger partial charge in [-0.3, -0.25) is 19.4 Å². The first-order chi connectivity index (χ1) is 15.9. The van der Waals surface area contributed by atoms with Crippen molar-refractivity contribution in [2.75, 3.05) is 19.6 Å². The molecule has 0 saturated carbocycles. The maximum absolute atomic E-state index is 14.0. The van der Waals surface area contributed by atoms with Crippen LogP contribution >= 0.6 is 0 Å². The molecule has 4 amide bonds. The highest BCUT2D eigenvalue weighted by molar-refractivity contribution is 6.09. The minimum atomic E-state index is -1.02. The molecule has 3 saturated heterocycles. The van der Waals surface area contributed by atoms with Gasteiger partial charge >= 0.3 is 6.03 Å². The molecule has 4 heterocycles. The molecule has 0 aliphatic carbocycles. The Balaban J connectivity index is 1.57. The summed E-state index contributed by atoms with van der Waals surface area (Å²) in [5.74, 6) is 0.233. The topological polar surface area (TPSA) is 74.1 Å². The fourth-order valence-electron chi connectivity index (χ4n) is 6.18. The number of benzene rings is 1. The van der Waals surface area contributed by atoms with Crippen molar-refractivity contribution in [2.24, 2.45) is 17.8 Å². The van der Waals surface area contributed by atoms with Crippen LogP contribution in [0.3, 0.4) is 0 Å². The Morgan fingerprint density at radius 3 is 2.55 bits per heavy atom. The van der Waals surface area contributed by atoms with Gasteiger partial charge in [-0.25, -0.2) is 4.79 Å². The number of nitrogens with zero attached hydrogens (tertiary/aromatic N) is 3. The maximum atomic E-state index is 14.0. The fraction of sp³-hybridized carbons (Fsp3) is 0.500. The lowest BCUT2D eigenvalue weighted by molar-refractivity contribution is -0.133. The van der Waals surface area contributed by atoms with Crippen molar-refractivity contribution in [2.45, 2.75) is 45.2 Å². The van der Waals surface area contributed by atoms with Crippen LogP contribution < -0.4 is 0 Å². The summed E-state index contributed by atoms with van der Waals surface area (Å²) in [7, 11) is 0. The van der Waals surface area contributed by atoms with Crippen LogP contribution in [0.5, 0.6) is 0 Å².